The first-order chi connectivity index (χ1) is 16.6. The molecule has 6 nitrogen and oxygen atoms in total. The van der Waals surface area contributed by atoms with Crippen LogP contribution < -0.4 is 0 Å². The molecule has 2 atom stereocenters. The predicted molar refractivity (Wildman–Crippen MR) is 135 cm³/mol. The largest absolute Gasteiger partial charge is 0.364 e. The molecule has 2 aromatic rings. The lowest BCUT2D eigenvalue weighted by Crippen LogP contribution is -2.38. The number of carbonyl (C=O) groups is 2. The number of hydrogen-bond acceptors (Lipinski definition) is 8. The molecule has 4 rings (SSSR count). The normalized spacial score (nSPS) is 21.9. The molecule has 0 amide bonds. The van der Waals surface area contributed by atoms with Crippen molar-refractivity contribution in [3.05, 3.63) is 72.8 Å². The molecule has 2 fully saturated rings. The smallest absolute Gasteiger partial charge is 0.349 e. The summed E-state index contributed by atoms with van der Waals surface area (Å²) >= 11 is 3.60. The summed E-state index contributed by atoms with van der Waals surface area (Å²) in [4.78, 5) is 37.8. The highest BCUT2D eigenvalue weighted by Gasteiger charge is 2.24. The number of piperidine rings is 2. The SMILES string of the molecule is O=C(/C=C\C(=O)ON1CCCC(Sc2ccccc2)C1)ON1CCCC(Sc2ccccc2)C1. The summed E-state index contributed by atoms with van der Waals surface area (Å²) in [6, 6.07) is 20.5. The molecule has 2 heterocycles. The number of rotatable bonds is 8. The van der Waals surface area contributed by atoms with Crippen LogP contribution in [0.25, 0.3) is 0 Å². The van der Waals surface area contributed by atoms with Gasteiger partial charge in [0.2, 0.25) is 0 Å². The van der Waals surface area contributed by atoms with Crippen molar-refractivity contribution >= 4 is 35.5 Å². The zero-order valence-electron chi connectivity index (χ0n) is 19.1. The van der Waals surface area contributed by atoms with Crippen LogP contribution in [0.5, 0.6) is 0 Å². The number of carbonyl (C=O) groups excluding carboxylic acids is 2. The number of nitrogens with zero attached hydrogens (tertiary/aromatic N) is 2. The van der Waals surface area contributed by atoms with Gasteiger partial charge in [0.1, 0.15) is 0 Å². The molecule has 0 aliphatic carbocycles. The van der Waals surface area contributed by atoms with Crippen LogP contribution in [0.15, 0.2) is 82.6 Å². The lowest BCUT2D eigenvalue weighted by molar-refractivity contribution is -0.190. The second-order valence-corrected chi connectivity index (χ2v) is 11.1. The van der Waals surface area contributed by atoms with Gasteiger partial charge in [-0.1, -0.05) is 36.4 Å². The van der Waals surface area contributed by atoms with Gasteiger partial charge in [0.25, 0.3) is 0 Å². The van der Waals surface area contributed by atoms with E-state index in [4.69, 9.17) is 9.68 Å². The highest BCUT2D eigenvalue weighted by Crippen LogP contribution is 2.30. The fourth-order valence-corrected chi connectivity index (χ4v) is 6.45. The number of hydroxylamine groups is 4. The monoisotopic (exact) mass is 498 g/mol. The van der Waals surface area contributed by atoms with E-state index in [0.29, 0.717) is 36.7 Å². The van der Waals surface area contributed by atoms with Gasteiger partial charge in [0, 0.05) is 58.6 Å². The Hall–Kier alpha value is -2.26. The summed E-state index contributed by atoms with van der Waals surface area (Å²) in [5, 5.41) is 4.11. The lowest BCUT2D eigenvalue weighted by atomic mass is 10.2. The molecule has 0 aromatic heterocycles. The molecule has 0 N–H and O–H groups in total. The van der Waals surface area contributed by atoms with Crippen molar-refractivity contribution in [2.75, 3.05) is 26.2 Å². The van der Waals surface area contributed by atoms with Gasteiger partial charge in [0.15, 0.2) is 0 Å². The van der Waals surface area contributed by atoms with Crippen LogP contribution in [0.3, 0.4) is 0 Å². The van der Waals surface area contributed by atoms with Crippen molar-refractivity contribution in [2.45, 2.75) is 46.0 Å². The van der Waals surface area contributed by atoms with Crippen LogP contribution in [0.4, 0.5) is 0 Å². The van der Waals surface area contributed by atoms with E-state index in [9.17, 15) is 9.59 Å². The first-order valence-electron chi connectivity index (χ1n) is 11.7. The van der Waals surface area contributed by atoms with Crippen molar-refractivity contribution in [1.29, 1.82) is 0 Å². The van der Waals surface area contributed by atoms with Gasteiger partial charge < -0.3 is 9.68 Å². The Morgan fingerprint density at radius 2 is 1.12 bits per heavy atom. The molecule has 2 aliphatic rings. The van der Waals surface area contributed by atoms with Gasteiger partial charge in [-0.05, 0) is 49.9 Å². The third-order valence-corrected chi connectivity index (χ3v) is 8.09. The first kappa shape index (κ1) is 24.9. The average Bonchev–Trinajstić information content (AvgIpc) is 2.85. The average molecular weight is 499 g/mol. The number of hydrogen-bond donors (Lipinski definition) is 0. The maximum absolute atomic E-state index is 12.2. The van der Waals surface area contributed by atoms with E-state index in [1.165, 1.54) is 9.79 Å². The zero-order chi connectivity index (χ0) is 23.6. The summed E-state index contributed by atoms with van der Waals surface area (Å²) in [6.45, 7) is 2.73. The maximum atomic E-state index is 12.2. The third kappa shape index (κ3) is 8.20. The molecule has 180 valence electrons. The summed E-state index contributed by atoms with van der Waals surface area (Å²) in [5.41, 5.74) is 0. The van der Waals surface area contributed by atoms with Crippen LogP contribution >= 0.6 is 23.5 Å². The molecule has 0 radical (unpaired) electrons. The molecular formula is C26H30N2O4S2. The van der Waals surface area contributed by atoms with Gasteiger partial charge in [-0.25, -0.2) is 9.59 Å². The molecule has 0 saturated carbocycles. The molecule has 34 heavy (non-hydrogen) atoms. The van der Waals surface area contributed by atoms with E-state index in [1.54, 1.807) is 33.7 Å². The van der Waals surface area contributed by atoms with E-state index in [2.05, 4.69) is 24.3 Å². The van der Waals surface area contributed by atoms with Crippen LogP contribution in [0.1, 0.15) is 25.7 Å². The van der Waals surface area contributed by atoms with Crippen LogP contribution in [-0.2, 0) is 19.3 Å². The molecule has 2 unspecified atom stereocenters. The minimum atomic E-state index is -0.557. The molecule has 2 aromatic carbocycles. The fraction of sp³-hybridized carbons (Fsp3) is 0.385. The van der Waals surface area contributed by atoms with Crippen molar-refractivity contribution in [2.24, 2.45) is 0 Å². The first-order valence-corrected chi connectivity index (χ1v) is 13.5. The minimum absolute atomic E-state index is 0.360. The van der Waals surface area contributed by atoms with Crippen molar-refractivity contribution < 1.29 is 19.3 Å². The molecule has 2 saturated heterocycles. The van der Waals surface area contributed by atoms with Crippen LogP contribution in [0, 0.1) is 0 Å². The van der Waals surface area contributed by atoms with Gasteiger partial charge >= 0.3 is 11.9 Å². The van der Waals surface area contributed by atoms with Crippen molar-refractivity contribution in [3.63, 3.8) is 0 Å². The van der Waals surface area contributed by atoms with Crippen LogP contribution in [0.2, 0.25) is 0 Å². The standard InChI is InChI=1S/C26H30N2O4S2/c29-25(31-27-17-7-13-23(19-27)33-21-9-3-1-4-10-21)15-16-26(30)32-28-18-8-14-24(20-28)34-22-11-5-2-6-12-22/h1-6,9-12,15-16,23-24H,7-8,13-14,17-20H2/b16-15-. The van der Waals surface area contributed by atoms with E-state index in [0.717, 1.165) is 37.8 Å². The van der Waals surface area contributed by atoms with E-state index < -0.39 is 11.9 Å². The van der Waals surface area contributed by atoms with Gasteiger partial charge in [-0.15, -0.1) is 33.7 Å². The van der Waals surface area contributed by atoms with E-state index in [-0.39, 0.29) is 0 Å². The Kier molecular flexibility index (Phi) is 9.50. The summed E-state index contributed by atoms with van der Waals surface area (Å²) < 4.78 is 0. The Labute approximate surface area is 209 Å². The Balaban J connectivity index is 1.18. The van der Waals surface area contributed by atoms with Crippen molar-refractivity contribution in [3.8, 4) is 0 Å². The molecule has 0 spiro atoms. The van der Waals surface area contributed by atoms with E-state index in [1.807, 2.05) is 36.4 Å². The van der Waals surface area contributed by atoms with E-state index >= 15 is 0 Å². The summed E-state index contributed by atoms with van der Waals surface area (Å²) in [5.74, 6) is -1.11. The van der Waals surface area contributed by atoms with Crippen LogP contribution in [-0.4, -0.2) is 58.7 Å². The Morgan fingerprint density at radius 3 is 1.53 bits per heavy atom. The Morgan fingerprint density at radius 1 is 0.706 bits per heavy atom. The maximum Gasteiger partial charge on any atom is 0.349 e. The highest BCUT2D eigenvalue weighted by atomic mass is 32.2. The third-order valence-electron chi connectivity index (χ3n) is 5.57. The van der Waals surface area contributed by atoms with Gasteiger partial charge in [-0.3, -0.25) is 0 Å². The Bertz CT molecular complexity index is 880. The molecule has 2 aliphatic heterocycles. The predicted octanol–water partition coefficient (Wildman–Crippen LogP) is 4.97. The topological polar surface area (TPSA) is 59.1 Å². The molecule has 0 bridgehead atoms. The summed E-state index contributed by atoms with van der Waals surface area (Å²) in [7, 11) is 0. The summed E-state index contributed by atoms with van der Waals surface area (Å²) in [6.07, 6.45) is 6.37. The lowest BCUT2D eigenvalue weighted by Gasteiger charge is -2.30. The van der Waals surface area contributed by atoms with Gasteiger partial charge in [-0.2, -0.15) is 0 Å². The second-order valence-electron chi connectivity index (χ2n) is 8.32. The highest BCUT2D eigenvalue weighted by molar-refractivity contribution is 8.00. The zero-order valence-corrected chi connectivity index (χ0v) is 20.7. The minimum Gasteiger partial charge on any atom is -0.364 e. The number of benzene rings is 2. The van der Waals surface area contributed by atoms with Crippen molar-refractivity contribution in [1.82, 2.24) is 10.1 Å². The molecular weight excluding hydrogens is 468 g/mol. The molecule has 8 heteroatoms. The van der Waals surface area contributed by atoms with Gasteiger partial charge in [0.05, 0.1) is 0 Å². The number of thioether (sulfide) groups is 2. The fourth-order valence-electron chi connectivity index (χ4n) is 4.00. The second kappa shape index (κ2) is 13.0. The quantitative estimate of drug-likeness (QED) is 0.473.